The second kappa shape index (κ2) is 14.9. The Morgan fingerprint density at radius 2 is 1.33 bits per heavy atom. The summed E-state index contributed by atoms with van der Waals surface area (Å²) in [5.74, 6) is 0.935. The molecule has 0 spiro atoms. The summed E-state index contributed by atoms with van der Waals surface area (Å²) in [6.07, 6.45) is 2.46. The van der Waals surface area contributed by atoms with Gasteiger partial charge in [0.05, 0.1) is 5.69 Å². The van der Waals surface area contributed by atoms with Crippen LogP contribution in [0.4, 0.5) is 28.4 Å². The molecule has 0 saturated heterocycles. The van der Waals surface area contributed by atoms with Gasteiger partial charge in [-0.05, 0) is 154 Å². The minimum atomic E-state index is 0.00382. The third-order valence-corrected chi connectivity index (χ3v) is 12.2. The van der Waals surface area contributed by atoms with Gasteiger partial charge in [0.25, 0.3) is 0 Å². The van der Waals surface area contributed by atoms with Crippen molar-refractivity contribution in [2.75, 3.05) is 16.8 Å². The first-order chi connectivity index (χ1) is 26.1. The molecular formula is C53H60N2. The molecule has 0 radical (unpaired) electrons. The Labute approximate surface area is 331 Å². The summed E-state index contributed by atoms with van der Waals surface area (Å²) in [6, 6.07) is 48.2. The van der Waals surface area contributed by atoms with Crippen LogP contribution in [-0.4, -0.2) is 7.05 Å². The summed E-state index contributed by atoms with van der Waals surface area (Å²) in [6.45, 7) is 23.2. The molecule has 0 fully saturated rings. The van der Waals surface area contributed by atoms with Crippen LogP contribution in [0.5, 0.6) is 0 Å². The number of hydrogen-bond donors (Lipinski definition) is 0. The maximum absolute atomic E-state index is 2.51. The summed E-state index contributed by atoms with van der Waals surface area (Å²) >= 11 is 0. The molecule has 1 unspecified atom stereocenters. The number of benzene rings is 6. The number of anilines is 5. The Morgan fingerprint density at radius 3 is 2.02 bits per heavy atom. The maximum atomic E-state index is 2.51. The van der Waals surface area contributed by atoms with Crippen LogP contribution < -0.4 is 9.80 Å². The van der Waals surface area contributed by atoms with Crippen LogP contribution in [0.2, 0.25) is 0 Å². The van der Waals surface area contributed by atoms with Gasteiger partial charge in [0.1, 0.15) is 0 Å². The van der Waals surface area contributed by atoms with E-state index in [1.54, 1.807) is 0 Å². The molecule has 0 amide bonds. The van der Waals surface area contributed by atoms with Crippen molar-refractivity contribution in [2.45, 2.75) is 105 Å². The van der Waals surface area contributed by atoms with Crippen LogP contribution >= 0.6 is 0 Å². The van der Waals surface area contributed by atoms with Crippen molar-refractivity contribution in [2.24, 2.45) is 0 Å². The Kier molecular flexibility index (Phi) is 10.3. The first kappa shape index (κ1) is 38.2. The van der Waals surface area contributed by atoms with Crippen LogP contribution in [0, 0.1) is 13.8 Å². The molecular weight excluding hydrogens is 665 g/mol. The number of fused-ring (bicyclic) bond motifs is 1. The maximum Gasteiger partial charge on any atom is 0.0540 e. The monoisotopic (exact) mass is 724 g/mol. The average Bonchev–Trinajstić information content (AvgIpc) is 3.16. The molecule has 7 rings (SSSR count). The molecule has 282 valence electrons. The lowest BCUT2D eigenvalue weighted by atomic mass is 9.69. The largest absolute Gasteiger partial charge is 0.345 e. The van der Waals surface area contributed by atoms with Gasteiger partial charge in [0.2, 0.25) is 0 Å². The number of nitrogens with zero attached hydrogens (tertiary/aromatic N) is 2. The molecule has 0 aliphatic heterocycles. The first-order valence-electron chi connectivity index (χ1n) is 20.3. The molecule has 2 nitrogen and oxygen atoms in total. The predicted molar refractivity (Wildman–Crippen MR) is 239 cm³/mol. The van der Waals surface area contributed by atoms with Crippen LogP contribution in [0.15, 0.2) is 127 Å². The molecule has 55 heavy (non-hydrogen) atoms. The zero-order valence-electron chi connectivity index (χ0n) is 35.1. The van der Waals surface area contributed by atoms with E-state index in [2.05, 4.69) is 213 Å². The average molecular weight is 725 g/mol. The topological polar surface area (TPSA) is 6.48 Å². The number of rotatable bonds is 8. The zero-order valence-corrected chi connectivity index (χ0v) is 35.1. The van der Waals surface area contributed by atoms with Crippen molar-refractivity contribution >= 4 is 28.4 Å². The first-order valence-corrected chi connectivity index (χ1v) is 20.3. The third-order valence-electron chi connectivity index (χ3n) is 12.2. The van der Waals surface area contributed by atoms with E-state index in [0.717, 1.165) is 17.1 Å². The lowest BCUT2D eigenvalue weighted by Gasteiger charge is -2.37. The minimum absolute atomic E-state index is 0.00382. The third kappa shape index (κ3) is 7.62. The molecule has 0 bridgehead atoms. The molecule has 2 heteroatoms. The molecule has 1 atom stereocenters. The van der Waals surface area contributed by atoms with Gasteiger partial charge in [-0.25, -0.2) is 0 Å². The molecule has 0 aromatic heterocycles. The fourth-order valence-corrected chi connectivity index (χ4v) is 8.60. The Bertz CT molecular complexity index is 2300. The lowest BCUT2D eigenvalue weighted by Crippen LogP contribution is -2.26. The normalized spacial score (nSPS) is 15.2. The standard InChI is InChI=1S/C53H60N2/c1-35(2)41-30-45(54(11)43-24-25-47-36(3)27-28-53(9,10)49(47)34-43)33-46(31-41)55(44-22-16-21-40(29-44)51-37(4)17-15-18-38(51)5)50-26-23-42(52(6,7)8)32-48(50)39-19-13-12-14-20-39/h12-26,29-36H,27-28H2,1-11H3. The van der Waals surface area contributed by atoms with Gasteiger partial charge < -0.3 is 9.80 Å². The summed E-state index contributed by atoms with van der Waals surface area (Å²) in [5, 5.41) is 0. The summed E-state index contributed by atoms with van der Waals surface area (Å²) < 4.78 is 0. The molecule has 0 N–H and O–H groups in total. The Balaban J connectivity index is 1.47. The Morgan fingerprint density at radius 1 is 0.655 bits per heavy atom. The highest BCUT2D eigenvalue weighted by Gasteiger charge is 2.31. The van der Waals surface area contributed by atoms with E-state index in [1.807, 2.05) is 0 Å². The summed E-state index contributed by atoms with van der Waals surface area (Å²) in [5.41, 5.74) is 19.2. The van der Waals surface area contributed by atoms with Crippen molar-refractivity contribution in [1.82, 2.24) is 0 Å². The summed E-state index contributed by atoms with van der Waals surface area (Å²) in [4.78, 5) is 4.91. The molecule has 1 aliphatic carbocycles. The van der Waals surface area contributed by atoms with Crippen LogP contribution in [0.1, 0.15) is 113 Å². The zero-order chi connectivity index (χ0) is 39.2. The smallest absolute Gasteiger partial charge is 0.0540 e. The van der Waals surface area contributed by atoms with Crippen molar-refractivity contribution < 1.29 is 0 Å². The van der Waals surface area contributed by atoms with Crippen LogP contribution in [-0.2, 0) is 10.8 Å². The van der Waals surface area contributed by atoms with E-state index in [-0.39, 0.29) is 10.8 Å². The van der Waals surface area contributed by atoms with Gasteiger partial charge in [-0.15, -0.1) is 0 Å². The van der Waals surface area contributed by atoms with E-state index < -0.39 is 0 Å². The number of aryl methyl sites for hydroxylation is 2. The second-order valence-electron chi connectivity index (χ2n) is 18.1. The van der Waals surface area contributed by atoms with Gasteiger partial charge in [-0.3, -0.25) is 0 Å². The molecule has 0 saturated carbocycles. The number of hydrogen-bond acceptors (Lipinski definition) is 2. The van der Waals surface area contributed by atoms with Crippen molar-refractivity contribution in [3.8, 4) is 22.3 Å². The molecule has 1 aliphatic rings. The molecule has 6 aromatic carbocycles. The highest BCUT2D eigenvalue weighted by Crippen LogP contribution is 2.47. The van der Waals surface area contributed by atoms with E-state index in [4.69, 9.17) is 0 Å². The highest BCUT2D eigenvalue weighted by molar-refractivity contribution is 5.91. The Hall–Kier alpha value is -5.08. The second-order valence-corrected chi connectivity index (χ2v) is 18.1. The van der Waals surface area contributed by atoms with Gasteiger partial charge in [-0.2, -0.15) is 0 Å². The van der Waals surface area contributed by atoms with Gasteiger partial charge >= 0.3 is 0 Å². The molecule has 6 aromatic rings. The van der Waals surface area contributed by atoms with Crippen molar-refractivity contribution in [3.63, 3.8) is 0 Å². The van der Waals surface area contributed by atoms with E-state index in [0.29, 0.717) is 11.8 Å². The minimum Gasteiger partial charge on any atom is -0.345 e. The summed E-state index contributed by atoms with van der Waals surface area (Å²) in [7, 11) is 2.24. The van der Waals surface area contributed by atoms with Crippen molar-refractivity contribution in [1.29, 1.82) is 0 Å². The van der Waals surface area contributed by atoms with E-state index in [9.17, 15) is 0 Å². The predicted octanol–water partition coefficient (Wildman–Crippen LogP) is 15.5. The van der Waals surface area contributed by atoms with Gasteiger partial charge in [-0.1, -0.05) is 128 Å². The SMILES string of the molecule is Cc1cccc(C)c1-c1cccc(N(c2cc(C(C)C)cc(N(C)c3ccc4c(c3)C(C)(C)CCC4C)c2)c2ccc(C(C)(C)C)cc2-c2ccccc2)c1. The van der Waals surface area contributed by atoms with Gasteiger partial charge in [0, 0.05) is 35.4 Å². The van der Waals surface area contributed by atoms with Crippen LogP contribution in [0.25, 0.3) is 22.3 Å². The highest BCUT2D eigenvalue weighted by atomic mass is 15.2. The molecule has 0 heterocycles. The fraction of sp³-hybridized carbons (Fsp3) is 0.321. The fourth-order valence-electron chi connectivity index (χ4n) is 8.60. The quantitative estimate of drug-likeness (QED) is 0.154. The van der Waals surface area contributed by atoms with E-state index >= 15 is 0 Å². The van der Waals surface area contributed by atoms with Crippen LogP contribution in [0.3, 0.4) is 0 Å². The van der Waals surface area contributed by atoms with Crippen molar-refractivity contribution in [3.05, 3.63) is 161 Å². The van der Waals surface area contributed by atoms with E-state index in [1.165, 1.54) is 79.9 Å². The lowest BCUT2D eigenvalue weighted by molar-refractivity contribution is 0.402. The van der Waals surface area contributed by atoms with Gasteiger partial charge in [0.15, 0.2) is 0 Å².